The zero-order valence-electron chi connectivity index (χ0n) is 4.15. The first kappa shape index (κ1) is 5.45. The van der Waals surface area contributed by atoms with Gasteiger partial charge in [0.25, 0.3) is 12.9 Å². The minimum Gasteiger partial charge on any atom is -0.114 e. The molecule has 0 aliphatic rings. The second-order valence-electron chi connectivity index (χ2n) is 1.15. The van der Waals surface area contributed by atoms with E-state index in [0.29, 0.717) is 0 Å². The summed E-state index contributed by atoms with van der Waals surface area (Å²) >= 11 is 0. The van der Waals surface area contributed by atoms with Crippen molar-refractivity contribution in [3.05, 3.63) is 0 Å². The number of rotatable bonds is 2. The summed E-state index contributed by atoms with van der Waals surface area (Å²) in [6.45, 7) is 5.41. The Balaban J connectivity index is 2.86. The SMILES string of the molecule is C=[N+]=CCCC. The minimum atomic E-state index is 1.06. The van der Waals surface area contributed by atoms with Crippen LogP contribution in [0, 0.1) is 0 Å². The molecule has 0 rings (SSSR count). The molecule has 0 unspecified atom stereocenters. The Morgan fingerprint density at radius 3 is 2.67 bits per heavy atom. The average molecular weight is 84.1 g/mol. The summed E-state index contributed by atoms with van der Waals surface area (Å²) in [5.74, 6) is 0. The molecule has 0 spiro atoms. The minimum absolute atomic E-state index is 1.06. The summed E-state index contributed by atoms with van der Waals surface area (Å²) < 4.78 is 3.55. The van der Waals surface area contributed by atoms with E-state index in [-0.39, 0.29) is 0 Å². The highest BCUT2D eigenvalue weighted by atomic mass is 14.5. The molecule has 0 radical (unpaired) electrons. The lowest BCUT2D eigenvalue weighted by Gasteiger charge is -1.65. The third kappa shape index (κ3) is 3.45. The Bertz CT molecular complexity index is 60.3. The van der Waals surface area contributed by atoms with Gasteiger partial charge in [0.1, 0.15) is 0 Å². The van der Waals surface area contributed by atoms with Gasteiger partial charge in [0.15, 0.2) is 0 Å². The Kier molecular flexibility index (Phi) is 4.04. The summed E-state index contributed by atoms with van der Waals surface area (Å²) in [7, 11) is 0. The molecular formula is C5H10N+. The summed E-state index contributed by atoms with van der Waals surface area (Å²) in [6, 6.07) is 0. The first-order valence-electron chi connectivity index (χ1n) is 2.19. The highest BCUT2D eigenvalue weighted by molar-refractivity contribution is 5.57. The van der Waals surface area contributed by atoms with E-state index in [4.69, 9.17) is 0 Å². The molecular weight excluding hydrogens is 74.1 g/mol. The van der Waals surface area contributed by atoms with Crippen molar-refractivity contribution in [1.29, 1.82) is 0 Å². The van der Waals surface area contributed by atoms with Crippen LogP contribution in [-0.4, -0.2) is 12.9 Å². The molecule has 0 N–H and O–H groups in total. The second kappa shape index (κ2) is 4.45. The summed E-state index contributed by atoms with van der Waals surface area (Å²) in [5, 5.41) is 0. The van der Waals surface area contributed by atoms with Crippen molar-refractivity contribution in [3.63, 3.8) is 0 Å². The molecule has 0 amide bonds. The van der Waals surface area contributed by atoms with Gasteiger partial charge in [-0.3, -0.25) is 0 Å². The molecule has 0 atom stereocenters. The quantitative estimate of drug-likeness (QED) is 0.344. The maximum atomic E-state index is 3.55. The van der Waals surface area contributed by atoms with E-state index in [0.717, 1.165) is 6.42 Å². The largest absolute Gasteiger partial charge is 0.268 e. The molecule has 0 aliphatic carbocycles. The van der Waals surface area contributed by atoms with Crippen LogP contribution in [0.2, 0.25) is 0 Å². The summed E-state index contributed by atoms with van der Waals surface area (Å²) in [4.78, 5) is 0. The van der Waals surface area contributed by atoms with E-state index in [1.807, 2.05) is 6.21 Å². The molecule has 34 valence electrons. The van der Waals surface area contributed by atoms with Gasteiger partial charge in [-0.15, -0.1) is 4.67 Å². The van der Waals surface area contributed by atoms with E-state index in [2.05, 4.69) is 18.3 Å². The van der Waals surface area contributed by atoms with Crippen molar-refractivity contribution in [2.45, 2.75) is 19.8 Å². The predicted molar refractivity (Wildman–Crippen MR) is 30.2 cm³/mol. The van der Waals surface area contributed by atoms with E-state index in [1.165, 1.54) is 6.42 Å². The zero-order chi connectivity index (χ0) is 4.83. The highest BCUT2D eigenvalue weighted by Gasteiger charge is 1.74. The van der Waals surface area contributed by atoms with Gasteiger partial charge >= 0.3 is 0 Å². The number of unbranched alkanes of at least 4 members (excludes halogenated alkanes) is 1. The fraction of sp³-hybridized carbons (Fsp3) is 0.600. The van der Waals surface area contributed by atoms with Crippen LogP contribution in [0.1, 0.15) is 19.8 Å². The molecule has 6 heavy (non-hydrogen) atoms. The van der Waals surface area contributed by atoms with Crippen molar-refractivity contribution >= 4 is 12.9 Å². The summed E-state index contributed by atoms with van der Waals surface area (Å²) in [6.07, 6.45) is 4.04. The second-order valence-corrected chi connectivity index (χ2v) is 1.15. The first-order valence-corrected chi connectivity index (χ1v) is 2.19. The Morgan fingerprint density at radius 2 is 2.50 bits per heavy atom. The van der Waals surface area contributed by atoms with Crippen molar-refractivity contribution in [1.82, 2.24) is 4.67 Å². The summed E-state index contributed by atoms with van der Waals surface area (Å²) in [5.41, 5.74) is 0. The molecule has 0 aromatic heterocycles. The van der Waals surface area contributed by atoms with Crippen LogP contribution >= 0.6 is 0 Å². The van der Waals surface area contributed by atoms with Gasteiger partial charge in [-0.1, -0.05) is 6.92 Å². The van der Waals surface area contributed by atoms with Gasteiger partial charge in [0.2, 0.25) is 0 Å². The molecule has 0 aromatic carbocycles. The van der Waals surface area contributed by atoms with Crippen LogP contribution < -0.4 is 4.67 Å². The smallest absolute Gasteiger partial charge is 0.114 e. The molecule has 0 fully saturated rings. The van der Waals surface area contributed by atoms with Crippen LogP contribution in [-0.2, 0) is 0 Å². The fourth-order valence-electron chi connectivity index (χ4n) is 0.220. The van der Waals surface area contributed by atoms with Gasteiger partial charge in [-0.25, -0.2) is 0 Å². The standard InChI is InChI=1S/C5H10N/c1-3-4-5-6-2/h5H,2-4H2,1H3/q+1. The highest BCUT2D eigenvalue weighted by Crippen LogP contribution is 1.74. The van der Waals surface area contributed by atoms with E-state index < -0.39 is 0 Å². The Hall–Kier alpha value is -0.550. The van der Waals surface area contributed by atoms with Crippen molar-refractivity contribution in [2.24, 2.45) is 0 Å². The predicted octanol–water partition coefficient (Wildman–Crippen LogP) is 0.625. The van der Waals surface area contributed by atoms with Gasteiger partial charge in [-0.05, 0) is 6.42 Å². The van der Waals surface area contributed by atoms with Crippen LogP contribution in [0.3, 0.4) is 0 Å². The van der Waals surface area contributed by atoms with E-state index >= 15 is 0 Å². The molecule has 0 heterocycles. The number of hydrogen-bond donors (Lipinski definition) is 0. The van der Waals surface area contributed by atoms with Gasteiger partial charge < -0.3 is 0 Å². The normalized spacial score (nSPS) is 6.83. The van der Waals surface area contributed by atoms with Crippen LogP contribution in [0.25, 0.3) is 0 Å². The van der Waals surface area contributed by atoms with Crippen molar-refractivity contribution < 1.29 is 0 Å². The number of nitrogens with zero attached hydrogens (tertiary/aromatic N) is 1. The Morgan fingerprint density at radius 1 is 1.83 bits per heavy atom. The van der Waals surface area contributed by atoms with Gasteiger partial charge in [0, 0.05) is 6.42 Å². The zero-order valence-corrected chi connectivity index (χ0v) is 4.15. The van der Waals surface area contributed by atoms with E-state index in [9.17, 15) is 0 Å². The lowest BCUT2D eigenvalue weighted by atomic mass is 10.4. The molecule has 0 bridgehead atoms. The van der Waals surface area contributed by atoms with Crippen molar-refractivity contribution in [2.75, 3.05) is 0 Å². The third-order valence-corrected chi connectivity index (χ3v) is 0.547. The molecule has 1 nitrogen and oxygen atoms in total. The average Bonchev–Trinajstić information content (AvgIpc) is 1.61. The van der Waals surface area contributed by atoms with Gasteiger partial charge in [-0.2, -0.15) is 0 Å². The van der Waals surface area contributed by atoms with Gasteiger partial charge in [0.05, 0.1) is 0 Å². The molecule has 0 aliphatic heterocycles. The lowest BCUT2D eigenvalue weighted by Crippen LogP contribution is -1.73. The maximum Gasteiger partial charge on any atom is 0.268 e. The number of hydrogen-bond acceptors (Lipinski definition) is 0. The third-order valence-electron chi connectivity index (χ3n) is 0.547. The first-order chi connectivity index (χ1) is 2.91. The Labute approximate surface area is 38.4 Å². The fourth-order valence-corrected chi connectivity index (χ4v) is 0.220. The topological polar surface area (TPSA) is 14.1 Å². The van der Waals surface area contributed by atoms with Crippen molar-refractivity contribution in [3.8, 4) is 0 Å². The van der Waals surface area contributed by atoms with Crippen LogP contribution in [0.15, 0.2) is 0 Å². The van der Waals surface area contributed by atoms with E-state index in [1.54, 1.807) is 0 Å². The molecule has 0 aromatic rings. The van der Waals surface area contributed by atoms with Crippen LogP contribution in [0.4, 0.5) is 0 Å². The monoisotopic (exact) mass is 84.1 g/mol. The maximum absolute atomic E-state index is 3.55. The van der Waals surface area contributed by atoms with Crippen LogP contribution in [0.5, 0.6) is 0 Å². The molecule has 1 heteroatoms. The molecule has 0 saturated carbocycles. The molecule has 0 saturated heterocycles. The lowest BCUT2D eigenvalue weighted by molar-refractivity contribution is 1.01.